The fourth-order valence-corrected chi connectivity index (χ4v) is 0.0722. The van der Waals surface area contributed by atoms with Crippen LogP contribution in [-0.4, -0.2) is 21.1 Å². The molecular formula is C2H5BN2O. The Balaban J connectivity index is 2.99. The topological polar surface area (TPSA) is 41.1 Å². The Morgan fingerprint density at radius 2 is 2.33 bits per heavy atom. The molecule has 3 nitrogen and oxygen atoms in total. The summed E-state index contributed by atoms with van der Waals surface area (Å²) in [6, 6.07) is -0.380. The standard InChI is InChI=1S/C2H5BN2O/c1-4-2(6)5-3/h1H3,(H2,4,5,6). The fraction of sp³-hybridized carbons (Fsp3) is 0.500. The van der Waals surface area contributed by atoms with Crippen molar-refractivity contribution in [3.63, 3.8) is 0 Å². The molecule has 0 unspecified atom stereocenters. The average molecular weight is 83.9 g/mol. The highest BCUT2D eigenvalue weighted by atomic mass is 16.2. The van der Waals surface area contributed by atoms with Crippen LogP contribution in [0.2, 0.25) is 0 Å². The van der Waals surface area contributed by atoms with Crippen molar-refractivity contribution in [3.05, 3.63) is 0 Å². The molecule has 0 spiro atoms. The van der Waals surface area contributed by atoms with Crippen LogP contribution >= 0.6 is 0 Å². The molecule has 0 aliphatic heterocycles. The highest BCUT2D eigenvalue weighted by Crippen LogP contribution is 1.47. The zero-order valence-corrected chi connectivity index (χ0v) is 3.49. The van der Waals surface area contributed by atoms with Gasteiger partial charge in [-0.25, -0.2) is 0 Å². The van der Waals surface area contributed by atoms with Gasteiger partial charge < -0.3 is 10.5 Å². The highest BCUT2D eigenvalue weighted by Gasteiger charge is 1.81. The maximum absolute atomic E-state index is 9.83. The summed E-state index contributed by atoms with van der Waals surface area (Å²) in [6.07, 6.45) is 0. The second-order valence-electron chi connectivity index (χ2n) is 0.723. The van der Waals surface area contributed by atoms with Gasteiger partial charge in [0.2, 0.25) is 7.98 Å². The van der Waals surface area contributed by atoms with Gasteiger partial charge in [-0.05, 0) is 0 Å². The Hall–Kier alpha value is -0.665. The molecule has 0 aliphatic rings. The van der Waals surface area contributed by atoms with Crippen molar-refractivity contribution in [2.75, 3.05) is 7.05 Å². The van der Waals surface area contributed by atoms with Crippen molar-refractivity contribution in [2.45, 2.75) is 0 Å². The van der Waals surface area contributed by atoms with Crippen molar-refractivity contribution >= 4 is 14.0 Å². The van der Waals surface area contributed by atoms with Gasteiger partial charge in [-0.15, -0.1) is 0 Å². The summed E-state index contributed by atoms with van der Waals surface area (Å²) in [7, 11) is 6.11. The largest absolute Gasteiger partial charge is 0.392 e. The van der Waals surface area contributed by atoms with Crippen LogP contribution in [0.15, 0.2) is 0 Å². The van der Waals surface area contributed by atoms with Crippen molar-refractivity contribution in [2.24, 2.45) is 0 Å². The Kier molecular flexibility index (Phi) is 2.28. The third kappa shape index (κ3) is 1.63. The lowest BCUT2D eigenvalue weighted by molar-refractivity contribution is 0.248. The molecule has 0 saturated heterocycles. The van der Waals surface area contributed by atoms with E-state index in [0.29, 0.717) is 0 Å². The van der Waals surface area contributed by atoms with Gasteiger partial charge in [0.05, 0.1) is 0 Å². The van der Waals surface area contributed by atoms with Crippen molar-refractivity contribution in [1.29, 1.82) is 0 Å². The van der Waals surface area contributed by atoms with Gasteiger partial charge in [-0.3, -0.25) is 4.79 Å². The maximum Gasteiger partial charge on any atom is 0.301 e. The molecule has 2 amide bonds. The van der Waals surface area contributed by atoms with Gasteiger partial charge >= 0.3 is 6.03 Å². The number of carbonyl (C=O) groups is 1. The third-order valence-corrected chi connectivity index (χ3v) is 0.358. The van der Waals surface area contributed by atoms with E-state index in [-0.39, 0.29) is 6.03 Å². The number of hydrogen-bond donors (Lipinski definition) is 2. The van der Waals surface area contributed by atoms with Crippen molar-refractivity contribution in [1.82, 2.24) is 10.5 Å². The number of urea groups is 1. The predicted molar refractivity (Wildman–Crippen MR) is 23.3 cm³/mol. The molecule has 0 rings (SSSR count). The van der Waals surface area contributed by atoms with E-state index in [1.54, 1.807) is 0 Å². The summed E-state index contributed by atoms with van der Waals surface area (Å²) in [6.45, 7) is 0. The maximum atomic E-state index is 9.83. The van der Waals surface area contributed by atoms with E-state index in [4.69, 9.17) is 0 Å². The zero-order chi connectivity index (χ0) is 4.99. The fourth-order valence-electron chi connectivity index (χ4n) is 0.0722. The molecule has 0 saturated carbocycles. The van der Waals surface area contributed by atoms with E-state index in [9.17, 15) is 4.79 Å². The molecule has 0 aliphatic carbocycles. The molecule has 2 N–H and O–H groups in total. The van der Waals surface area contributed by atoms with Crippen LogP contribution in [0, 0.1) is 0 Å². The Bertz CT molecular complexity index is 49.5. The summed E-state index contributed by atoms with van der Waals surface area (Å²) in [4.78, 5) is 9.83. The van der Waals surface area contributed by atoms with Crippen LogP contribution in [-0.2, 0) is 0 Å². The minimum atomic E-state index is -0.380. The quantitative estimate of drug-likeness (QED) is 0.363. The summed E-state index contributed by atoms with van der Waals surface area (Å²) in [5.41, 5.74) is 0. The molecule has 0 aromatic carbocycles. The monoisotopic (exact) mass is 84.0 g/mol. The lowest BCUT2D eigenvalue weighted by Gasteiger charge is -1.91. The average Bonchev–Trinajstić information content (AvgIpc) is 1.65. The minimum absolute atomic E-state index is 0.380. The van der Waals surface area contributed by atoms with Crippen molar-refractivity contribution < 1.29 is 4.79 Å². The van der Waals surface area contributed by atoms with Gasteiger partial charge in [0, 0.05) is 7.05 Å². The van der Waals surface area contributed by atoms with Crippen molar-refractivity contribution in [3.8, 4) is 0 Å². The predicted octanol–water partition coefficient (Wildman–Crippen LogP) is -1.00. The lowest BCUT2D eigenvalue weighted by Crippen LogP contribution is -2.30. The molecule has 0 aromatic rings. The second kappa shape index (κ2) is 2.57. The van der Waals surface area contributed by atoms with Gasteiger partial charge in [0.1, 0.15) is 0 Å². The van der Waals surface area contributed by atoms with E-state index >= 15 is 0 Å². The smallest absolute Gasteiger partial charge is 0.301 e. The van der Waals surface area contributed by atoms with Crippen LogP contribution in [0.3, 0.4) is 0 Å². The number of amides is 2. The summed E-state index contributed by atoms with van der Waals surface area (Å²) in [5.74, 6) is 0. The van der Waals surface area contributed by atoms with Crippen LogP contribution in [0.4, 0.5) is 4.79 Å². The van der Waals surface area contributed by atoms with E-state index in [0.717, 1.165) is 0 Å². The molecule has 0 heterocycles. The number of hydrogen-bond acceptors (Lipinski definition) is 1. The van der Waals surface area contributed by atoms with Gasteiger partial charge in [0.25, 0.3) is 0 Å². The molecular weight excluding hydrogens is 78.8 g/mol. The van der Waals surface area contributed by atoms with Gasteiger partial charge in [-0.1, -0.05) is 0 Å². The van der Waals surface area contributed by atoms with Crippen LogP contribution in [0.25, 0.3) is 0 Å². The first kappa shape index (κ1) is 5.33. The third-order valence-electron chi connectivity index (χ3n) is 0.358. The molecule has 32 valence electrons. The zero-order valence-electron chi connectivity index (χ0n) is 3.49. The van der Waals surface area contributed by atoms with Crippen LogP contribution < -0.4 is 10.5 Å². The van der Waals surface area contributed by atoms with E-state index < -0.39 is 0 Å². The second-order valence-corrected chi connectivity index (χ2v) is 0.723. The SMILES string of the molecule is [B]NC(=O)NC. The summed E-state index contributed by atoms with van der Waals surface area (Å²) >= 11 is 0. The van der Waals surface area contributed by atoms with Crippen LogP contribution in [0.1, 0.15) is 0 Å². The molecule has 4 heteroatoms. The van der Waals surface area contributed by atoms with Gasteiger partial charge in [0.15, 0.2) is 0 Å². The first-order valence-corrected chi connectivity index (χ1v) is 1.49. The van der Waals surface area contributed by atoms with Crippen LogP contribution in [0.5, 0.6) is 0 Å². The molecule has 0 atom stereocenters. The number of rotatable bonds is 0. The molecule has 2 radical (unpaired) electrons. The van der Waals surface area contributed by atoms with E-state index in [2.05, 4.69) is 13.3 Å². The number of nitrogens with one attached hydrogen (secondary N) is 2. The summed E-state index contributed by atoms with van der Waals surface area (Å²) < 4.78 is 0. The summed E-state index contributed by atoms with van der Waals surface area (Å²) in [5, 5.41) is 4.10. The lowest BCUT2D eigenvalue weighted by atomic mass is 10.4. The first-order valence-electron chi connectivity index (χ1n) is 1.49. The molecule has 0 bridgehead atoms. The molecule has 6 heavy (non-hydrogen) atoms. The number of carbonyl (C=O) groups excluding carboxylic acids is 1. The highest BCUT2D eigenvalue weighted by molar-refractivity contribution is 6.13. The first-order chi connectivity index (χ1) is 2.81. The van der Waals surface area contributed by atoms with Gasteiger partial charge in [-0.2, -0.15) is 0 Å². The normalized spacial score (nSPS) is 6.83. The molecule has 0 aromatic heterocycles. The Morgan fingerprint density at radius 3 is 2.33 bits per heavy atom. The Labute approximate surface area is 37.5 Å². The van der Waals surface area contributed by atoms with E-state index in [1.165, 1.54) is 7.05 Å². The minimum Gasteiger partial charge on any atom is -0.392 e. The Morgan fingerprint density at radius 1 is 1.83 bits per heavy atom. The molecule has 0 fully saturated rings. The van der Waals surface area contributed by atoms with E-state index in [1.807, 2.05) is 5.23 Å².